The quantitative estimate of drug-likeness (QED) is 0.910. The zero-order chi connectivity index (χ0) is 14.8. The molecule has 21 heavy (non-hydrogen) atoms. The van der Waals surface area contributed by atoms with Gasteiger partial charge in [-0.05, 0) is 36.2 Å². The van der Waals surface area contributed by atoms with Crippen molar-refractivity contribution in [1.29, 1.82) is 0 Å². The normalized spacial score (nSPS) is 17.7. The second kappa shape index (κ2) is 5.78. The molecule has 3 rings (SSSR count). The van der Waals surface area contributed by atoms with E-state index in [4.69, 9.17) is 11.6 Å². The summed E-state index contributed by atoms with van der Waals surface area (Å²) in [5.41, 5.74) is 3.24. The standard InChI is InChI=1S/C17H17ClN2O/c1-11(12-6-4-7-14(18)9-12)19-17(21)16-10-13-5-2-3-8-15(13)20-16/h2-9,11,16,20H,10H2,1H3,(H,19,21). The van der Waals surface area contributed by atoms with E-state index in [0.717, 1.165) is 17.7 Å². The van der Waals surface area contributed by atoms with Crippen LogP contribution >= 0.6 is 11.6 Å². The minimum Gasteiger partial charge on any atom is -0.373 e. The Morgan fingerprint density at radius 3 is 2.86 bits per heavy atom. The molecule has 0 fully saturated rings. The Labute approximate surface area is 129 Å². The number of fused-ring (bicyclic) bond motifs is 1. The highest BCUT2D eigenvalue weighted by molar-refractivity contribution is 6.30. The monoisotopic (exact) mass is 300 g/mol. The van der Waals surface area contributed by atoms with Crippen LogP contribution in [0.15, 0.2) is 48.5 Å². The van der Waals surface area contributed by atoms with E-state index in [0.29, 0.717) is 5.02 Å². The fourth-order valence-corrected chi connectivity index (χ4v) is 2.83. The molecule has 2 aromatic rings. The number of benzene rings is 2. The molecule has 2 unspecified atom stereocenters. The number of halogens is 1. The molecular weight excluding hydrogens is 284 g/mol. The number of nitrogens with one attached hydrogen (secondary N) is 2. The van der Waals surface area contributed by atoms with E-state index in [1.807, 2.05) is 49.4 Å². The summed E-state index contributed by atoms with van der Waals surface area (Å²) in [5.74, 6) is 0.0127. The van der Waals surface area contributed by atoms with Crippen molar-refractivity contribution >= 4 is 23.2 Å². The third kappa shape index (κ3) is 3.03. The summed E-state index contributed by atoms with van der Waals surface area (Å²) in [5, 5.41) is 6.98. The molecule has 0 bridgehead atoms. The lowest BCUT2D eigenvalue weighted by Crippen LogP contribution is -2.39. The highest BCUT2D eigenvalue weighted by Crippen LogP contribution is 2.25. The van der Waals surface area contributed by atoms with Crippen LogP contribution in [0, 0.1) is 0 Å². The number of amides is 1. The van der Waals surface area contributed by atoms with Crippen LogP contribution in [-0.2, 0) is 11.2 Å². The molecule has 2 atom stereocenters. The molecule has 2 N–H and O–H groups in total. The Hall–Kier alpha value is -2.00. The summed E-state index contributed by atoms with van der Waals surface area (Å²) in [4.78, 5) is 12.4. The van der Waals surface area contributed by atoms with Gasteiger partial charge in [-0.2, -0.15) is 0 Å². The summed E-state index contributed by atoms with van der Waals surface area (Å²) < 4.78 is 0. The molecule has 0 aromatic heterocycles. The third-order valence-electron chi connectivity index (χ3n) is 3.80. The van der Waals surface area contributed by atoms with Crippen molar-refractivity contribution < 1.29 is 4.79 Å². The van der Waals surface area contributed by atoms with Crippen molar-refractivity contribution in [2.75, 3.05) is 5.32 Å². The lowest BCUT2D eigenvalue weighted by atomic mass is 10.1. The summed E-state index contributed by atoms with van der Waals surface area (Å²) in [6, 6.07) is 15.3. The maximum atomic E-state index is 12.4. The Balaban J connectivity index is 1.65. The van der Waals surface area contributed by atoms with Crippen LogP contribution in [0.4, 0.5) is 5.69 Å². The first-order valence-electron chi connectivity index (χ1n) is 7.04. The second-order valence-electron chi connectivity index (χ2n) is 5.34. The van der Waals surface area contributed by atoms with Crippen LogP contribution in [0.3, 0.4) is 0 Å². The lowest BCUT2D eigenvalue weighted by molar-refractivity contribution is -0.122. The van der Waals surface area contributed by atoms with Gasteiger partial charge in [-0.15, -0.1) is 0 Å². The van der Waals surface area contributed by atoms with E-state index in [2.05, 4.69) is 16.7 Å². The van der Waals surface area contributed by atoms with Gasteiger partial charge in [-0.1, -0.05) is 41.9 Å². The van der Waals surface area contributed by atoms with E-state index >= 15 is 0 Å². The van der Waals surface area contributed by atoms with Crippen molar-refractivity contribution in [2.45, 2.75) is 25.4 Å². The average Bonchev–Trinajstić information content (AvgIpc) is 2.91. The fourth-order valence-electron chi connectivity index (χ4n) is 2.63. The van der Waals surface area contributed by atoms with Gasteiger partial charge in [-0.25, -0.2) is 0 Å². The summed E-state index contributed by atoms with van der Waals surface area (Å²) in [7, 11) is 0. The highest BCUT2D eigenvalue weighted by atomic mass is 35.5. The van der Waals surface area contributed by atoms with E-state index < -0.39 is 0 Å². The smallest absolute Gasteiger partial charge is 0.243 e. The van der Waals surface area contributed by atoms with Crippen LogP contribution in [0.5, 0.6) is 0 Å². The van der Waals surface area contributed by atoms with E-state index in [-0.39, 0.29) is 18.0 Å². The first kappa shape index (κ1) is 14.0. The van der Waals surface area contributed by atoms with E-state index in [1.165, 1.54) is 5.56 Å². The zero-order valence-corrected chi connectivity index (χ0v) is 12.5. The topological polar surface area (TPSA) is 41.1 Å². The second-order valence-corrected chi connectivity index (χ2v) is 5.78. The van der Waals surface area contributed by atoms with Gasteiger partial charge in [0, 0.05) is 17.1 Å². The van der Waals surface area contributed by atoms with E-state index in [1.54, 1.807) is 0 Å². The van der Waals surface area contributed by atoms with E-state index in [9.17, 15) is 4.79 Å². The van der Waals surface area contributed by atoms with Crippen LogP contribution in [0.2, 0.25) is 5.02 Å². The summed E-state index contributed by atoms with van der Waals surface area (Å²) in [6.07, 6.45) is 0.726. The third-order valence-corrected chi connectivity index (χ3v) is 4.03. The largest absolute Gasteiger partial charge is 0.373 e. The molecule has 1 heterocycles. The van der Waals surface area contributed by atoms with Crippen molar-refractivity contribution in [3.05, 3.63) is 64.7 Å². The number of hydrogen-bond acceptors (Lipinski definition) is 2. The number of rotatable bonds is 3. The molecule has 4 heteroatoms. The molecule has 0 saturated carbocycles. The van der Waals surface area contributed by atoms with Gasteiger partial charge >= 0.3 is 0 Å². The number of anilines is 1. The Morgan fingerprint density at radius 2 is 2.10 bits per heavy atom. The van der Waals surface area contributed by atoms with Gasteiger partial charge in [-0.3, -0.25) is 4.79 Å². The minimum absolute atomic E-state index is 0.0127. The number of carbonyl (C=O) groups is 1. The van der Waals surface area contributed by atoms with Gasteiger partial charge < -0.3 is 10.6 Å². The zero-order valence-electron chi connectivity index (χ0n) is 11.8. The van der Waals surface area contributed by atoms with Crippen molar-refractivity contribution in [3.8, 4) is 0 Å². The predicted molar refractivity (Wildman–Crippen MR) is 85.6 cm³/mol. The predicted octanol–water partition coefficient (Wildman–Crippen LogP) is 3.55. The van der Waals surface area contributed by atoms with Crippen molar-refractivity contribution in [3.63, 3.8) is 0 Å². The molecule has 2 aromatic carbocycles. The highest BCUT2D eigenvalue weighted by Gasteiger charge is 2.27. The maximum absolute atomic E-state index is 12.4. The molecule has 1 aliphatic rings. The van der Waals surface area contributed by atoms with Crippen molar-refractivity contribution in [2.24, 2.45) is 0 Å². The molecular formula is C17H17ClN2O. The molecule has 0 spiro atoms. The van der Waals surface area contributed by atoms with Crippen LogP contribution in [0.1, 0.15) is 24.1 Å². The average molecular weight is 301 g/mol. The minimum atomic E-state index is -0.205. The molecule has 3 nitrogen and oxygen atoms in total. The molecule has 1 amide bonds. The fraction of sp³-hybridized carbons (Fsp3) is 0.235. The molecule has 1 aliphatic heterocycles. The molecule has 0 aliphatic carbocycles. The summed E-state index contributed by atoms with van der Waals surface area (Å²) in [6.45, 7) is 1.96. The Morgan fingerprint density at radius 1 is 1.29 bits per heavy atom. The molecule has 108 valence electrons. The SMILES string of the molecule is CC(NC(=O)C1Cc2ccccc2N1)c1cccc(Cl)c1. The van der Waals surface area contributed by atoms with Gasteiger partial charge in [0.25, 0.3) is 0 Å². The Kier molecular flexibility index (Phi) is 3.84. The molecule has 0 radical (unpaired) electrons. The lowest BCUT2D eigenvalue weighted by Gasteiger charge is -2.18. The number of hydrogen-bond donors (Lipinski definition) is 2. The van der Waals surface area contributed by atoms with Crippen LogP contribution < -0.4 is 10.6 Å². The summed E-state index contributed by atoms with van der Waals surface area (Å²) >= 11 is 5.99. The van der Waals surface area contributed by atoms with Crippen LogP contribution in [-0.4, -0.2) is 11.9 Å². The number of para-hydroxylation sites is 1. The Bertz CT molecular complexity index is 646. The first-order valence-corrected chi connectivity index (χ1v) is 7.41. The van der Waals surface area contributed by atoms with Gasteiger partial charge in [0.2, 0.25) is 5.91 Å². The van der Waals surface area contributed by atoms with Gasteiger partial charge in [0.05, 0.1) is 6.04 Å². The first-order chi connectivity index (χ1) is 10.1. The number of carbonyl (C=O) groups excluding carboxylic acids is 1. The maximum Gasteiger partial charge on any atom is 0.243 e. The van der Waals surface area contributed by atoms with Crippen LogP contribution in [0.25, 0.3) is 0 Å². The van der Waals surface area contributed by atoms with Crippen molar-refractivity contribution in [1.82, 2.24) is 5.32 Å². The molecule has 0 saturated heterocycles. The van der Waals surface area contributed by atoms with Gasteiger partial charge in [0.1, 0.15) is 6.04 Å². The van der Waals surface area contributed by atoms with Gasteiger partial charge in [0.15, 0.2) is 0 Å².